The second-order valence-electron chi connectivity index (χ2n) is 6.50. The number of rotatable bonds is 10. The average Bonchev–Trinajstić information content (AvgIpc) is 3.05. The molecule has 0 radical (unpaired) electrons. The number of thioether (sulfide) groups is 1. The lowest BCUT2D eigenvalue weighted by molar-refractivity contribution is -0.138. The Morgan fingerprint density at radius 2 is 1.90 bits per heavy atom. The number of nitrogens with one attached hydrogen (secondary N) is 1. The van der Waals surface area contributed by atoms with Gasteiger partial charge in [-0.2, -0.15) is 11.8 Å². The maximum Gasteiger partial charge on any atom is 0.303 e. The number of carboxylic acids is 1. The molecule has 1 fully saturated rings. The zero-order valence-corrected chi connectivity index (χ0v) is 13.6. The van der Waals surface area contributed by atoms with Crippen molar-refractivity contribution in [2.45, 2.75) is 58.9 Å². The summed E-state index contributed by atoms with van der Waals surface area (Å²) < 4.78 is 0. The van der Waals surface area contributed by atoms with E-state index in [0.717, 1.165) is 31.4 Å². The van der Waals surface area contributed by atoms with E-state index < -0.39 is 5.97 Å². The molecule has 1 atom stereocenters. The number of aliphatic carboxylic acids is 1. The van der Waals surface area contributed by atoms with Gasteiger partial charge in [-0.1, -0.05) is 13.8 Å². The van der Waals surface area contributed by atoms with Gasteiger partial charge in [-0.15, -0.1) is 0 Å². The normalized spacial score (nSPS) is 17.8. The summed E-state index contributed by atoms with van der Waals surface area (Å²) in [6.45, 7) is 6.40. The number of carbonyl (C=O) groups excluding carboxylic acids is 1. The first-order valence-corrected chi connectivity index (χ1v) is 8.57. The van der Waals surface area contributed by atoms with E-state index in [9.17, 15) is 9.59 Å². The smallest absolute Gasteiger partial charge is 0.303 e. The molecule has 2 N–H and O–H groups in total. The standard InChI is InChI=1S/C15H27NO3S/c1-11(2)4-5-12(3)16-13(17)9-20-10-15(6-7-15)8-14(18)19/h11-12H,4-10H2,1-3H3,(H,16,17)(H,18,19). The van der Waals surface area contributed by atoms with Crippen molar-refractivity contribution < 1.29 is 14.7 Å². The predicted octanol–water partition coefficient (Wildman–Crippen LogP) is 2.92. The first kappa shape index (κ1) is 17.3. The number of hydrogen-bond donors (Lipinski definition) is 2. The summed E-state index contributed by atoms with van der Waals surface area (Å²) in [5.74, 6) is 1.22. The Morgan fingerprint density at radius 1 is 1.25 bits per heavy atom. The maximum absolute atomic E-state index is 11.8. The summed E-state index contributed by atoms with van der Waals surface area (Å²) in [6.07, 6.45) is 4.34. The molecule has 1 unspecified atom stereocenters. The molecule has 5 heteroatoms. The van der Waals surface area contributed by atoms with E-state index in [1.54, 1.807) is 11.8 Å². The van der Waals surface area contributed by atoms with E-state index in [4.69, 9.17) is 5.11 Å². The number of amides is 1. The van der Waals surface area contributed by atoms with E-state index in [1.807, 2.05) is 6.92 Å². The lowest BCUT2D eigenvalue weighted by Crippen LogP contribution is -2.34. The van der Waals surface area contributed by atoms with Crippen LogP contribution in [0.4, 0.5) is 0 Å². The Bertz CT molecular complexity index is 340. The second kappa shape index (κ2) is 7.91. The summed E-state index contributed by atoms with van der Waals surface area (Å²) in [4.78, 5) is 22.5. The Morgan fingerprint density at radius 3 is 2.40 bits per heavy atom. The molecule has 1 rings (SSSR count). The summed E-state index contributed by atoms with van der Waals surface area (Å²) in [7, 11) is 0. The second-order valence-corrected chi connectivity index (χ2v) is 7.49. The van der Waals surface area contributed by atoms with Crippen LogP contribution in [0.3, 0.4) is 0 Å². The van der Waals surface area contributed by atoms with Gasteiger partial charge in [0, 0.05) is 6.04 Å². The molecule has 0 aromatic rings. The molecule has 0 aromatic carbocycles. The molecule has 0 spiro atoms. The average molecular weight is 301 g/mol. The molecule has 0 saturated heterocycles. The summed E-state index contributed by atoms with van der Waals surface area (Å²) in [5.41, 5.74) is -0.0277. The van der Waals surface area contributed by atoms with Gasteiger partial charge in [0.2, 0.25) is 5.91 Å². The minimum Gasteiger partial charge on any atom is -0.481 e. The van der Waals surface area contributed by atoms with Crippen LogP contribution < -0.4 is 5.32 Å². The Hall–Kier alpha value is -0.710. The van der Waals surface area contributed by atoms with Crippen molar-refractivity contribution in [1.29, 1.82) is 0 Å². The number of carboxylic acid groups (broad SMARTS) is 1. The van der Waals surface area contributed by atoms with E-state index in [0.29, 0.717) is 11.7 Å². The largest absolute Gasteiger partial charge is 0.481 e. The summed E-state index contributed by atoms with van der Waals surface area (Å²) >= 11 is 1.56. The Kier molecular flexibility index (Phi) is 6.86. The van der Waals surface area contributed by atoms with Crippen LogP contribution in [0, 0.1) is 11.3 Å². The van der Waals surface area contributed by atoms with E-state index in [-0.39, 0.29) is 23.8 Å². The Labute approximate surface area is 126 Å². The summed E-state index contributed by atoms with van der Waals surface area (Å²) in [5, 5.41) is 11.8. The molecular formula is C15H27NO3S. The van der Waals surface area contributed by atoms with Gasteiger partial charge in [0.15, 0.2) is 0 Å². The van der Waals surface area contributed by atoms with Gasteiger partial charge in [0.05, 0.1) is 12.2 Å². The number of hydrogen-bond acceptors (Lipinski definition) is 3. The highest BCUT2D eigenvalue weighted by atomic mass is 32.2. The molecule has 20 heavy (non-hydrogen) atoms. The fourth-order valence-corrected chi connectivity index (χ4v) is 3.40. The van der Waals surface area contributed by atoms with Gasteiger partial charge in [0.1, 0.15) is 0 Å². The molecule has 0 bridgehead atoms. The van der Waals surface area contributed by atoms with Gasteiger partial charge in [-0.05, 0) is 49.7 Å². The van der Waals surface area contributed by atoms with Crippen molar-refractivity contribution in [2.24, 2.45) is 11.3 Å². The highest BCUT2D eigenvalue weighted by molar-refractivity contribution is 7.99. The van der Waals surface area contributed by atoms with E-state index in [2.05, 4.69) is 19.2 Å². The Balaban J connectivity index is 2.12. The van der Waals surface area contributed by atoms with E-state index in [1.165, 1.54) is 0 Å². The minimum atomic E-state index is -0.727. The third-order valence-electron chi connectivity index (χ3n) is 3.71. The molecule has 1 aliphatic carbocycles. The quantitative estimate of drug-likeness (QED) is 0.651. The van der Waals surface area contributed by atoms with Crippen molar-refractivity contribution in [3.05, 3.63) is 0 Å². The third-order valence-corrected chi connectivity index (χ3v) is 4.99. The molecule has 0 aromatic heterocycles. The molecule has 116 valence electrons. The van der Waals surface area contributed by atoms with Crippen LogP contribution >= 0.6 is 11.8 Å². The molecular weight excluding hydrogens is 274 g/mol. The number of carbonyl (C=O) groups is 2. The minimum absolute atomic E-state index is 0.0277. The van der Waals surface area contributed by atoms with Crippen molar-refractivity contribution >= 4 is 23.6 Å². The third kappa shape index (κ3) is 7.17. The molecule has 0 heterocycles. The van der Waals surface area contributed by atoms with E-state index >= 15 is 0 Å². The van der Waals surface area contributed by atoms with Crippen molar-refractivity contribution in [1.82, 2.24) is 5.32 Å². The van der Waals surface area contributed by atoms with Crippen LogP contribution in [-0.4, -0.2) is 34.5 Å². The van der Waals surface area contributed by atoms with Crippen molar-refractivity contribution in [3.8, 4) is 0 Å². The lowest BCUT2D eigenvalue weighted by Gasteiger charge is -2.16. The van der Waals surface area contributed by atoms with Crippen molar-refractivity contribution in [2.75, 3.05) is 11.5 Å². The lowest BCUT2D eigenvalue weighted by atomic mass is 10.0. The fraction of sp³-hybridized carbons (Fsp3) is 0.867. The highest BCUT2D eigenvalue weighted by Crippen LogP contribution is 2.50. The molecule has 0 aliphatic heterocycles. The van der Waals surface area contributed by atoms with Crippen molar-refractivity contribution in [3.63, 3.8) is 0 Å². The van der Waals surface area contributed by atoms with Crippen LogP contribution in [0.5, 0.6) is 0 Å². The zero-order valence-electron chi connectivity index (χ0n) is 12.8. The predicted molar refractivity (Wildman–Crippen MR) is 82.9 cm³/mol. The van der Waals surface area contributed by atoms with Gasteiger partial charge >= 0.3 is 5.97 Å². The zero-order chi connectivity index (χ0) is 15.2. The van der Waals surface area contributed by atoms with Crippen LogP contribution in [0.2, 0.25) is 0 Å². The van der Waals surface area contributed by atoms with Crippen LogP contribution in [0.15, 0.2) is 0 Å². The topological polar surface area (TPSA) is 66.4 Å². The van der Waals surface area contributed by atoms with Gasteiger partial charge in [-0.25, -0.2) is 0 Å². The first-order valence-electron chi connectivity index (χ1n) is 7.42. The van der Waals surface area contributed by atoms with Crippen LogP contribution in [-0.2, 0) is 9.59 Å². The van der Waals surface area contributed by atoms with Crippen LogP contribution in [0.25, 0.3) is 0 Å². The summed E-state index contributed by atoms with van der Waals surface area (Å²) in [6, 6.07) is 0.222. The SMILES string of the molecule is CC(C)CCC(C)NC(=O)CSCC1(CC(=O)O)CC1. The van der Waals surface area contributed by atoms with Gasteiger partial charge in [-0.3, -0.25) is 9.59 Å². The fourth-order valence-electron chi connectivity index (χ4n) is 2.20. The van der Waals surface area contributed by atoms with Gasteiger partial charge in [0.25, 0.3) is 0 Å². The first-order chi connectivity index (χ1) is 9.33. The maximum atomic E-state index is 11.8. The molecule has 4 nitrogen and oxygen atoms in total. The molecule has 1 saturated carbocycles. The monoisotopic (exact) mass is 301 g/mol. The molecule has 1 aliphatic rings. The highest BCUT2D eigenvalue weighted by Gasteiger charge is 2.44. The molecule has 1 amide bonds. The van der Waals surface area contributed by atoms with Crippen LogP contribution in [0.1, 0.15) is 52.9 Å². The van der Waals surface area contributed by atoms with Gasteiger partial charge < -0.3 is 10.4 Å².